The van der Waals surface area contributed by atoms with Crippen LogP contribution >= 0.6 is 0 Å². The van der Waals surface area contributed by atoms with Crippen molar-refractivity contribution in [3.05, 3.63) is 65.6 Å². The van der Waals surface area contributed by atoms with E-state index in [2.05, 4.69) is 10.3 Å². The molecule has 1 heterocycles. The summed E-state index contributed by atoms with van der Waals surface area (Å²) in [6.07, 6.45) is 0. The number of hydrogen-bond donors (Lipinski definition) is 1. The lowest BCUT2D eigenvalue weighted by molar-refractivity contribution is 0.584. The van der Waals surface area contributed by atoms with Crippen molar-refractivity contribution in [1.82, 2.24) is 4.98 Å². The Morgan fingerprint density at radius 3 is 2.29 bits per heavy atom. The van der Waals surface area contributed by atoms with Crippen LogP contribution in [0.1, 0.15) is 5.69 Å². The standard InChI is InChI=1S/C16H11F3N2/c1-9-4-16(14-8-10(17)2-3-15(14)20-9)21-13-6-11(18)5-12(19)7-13/h2-8H,1H3,(H,20,21). The van der Waals surface area contributed by atoms with E-state index in [9.17, 15) is 13.2 Å². The van der Waals surface area contributed by atoms with Gasteiger partial charge in [0.2, 0.25) is 0 Å². The van der Waals surface area contributed by atoms with Gasteiger partial charge in [-0.05, 0) is 43.3 Å². The van der Waals surface area contributed by atoms with Crippen LogP contribution < -0.4 is 5.32 Å². The van der Waals surface area contributed by atoms with Gasteiger partial charge in [-0.25, -0.2) is 13.2 Å². The van der Waals surface area contributed by atoms with Crippen molar-refractivity contribution in [2.45, 2.75) is 6.92 Å². The fourth-order valence-corrected chi connectivity index (χ4v) is 2.22. The second-order valence-corrected chi connectivity index (χ2v) is 4.76. The molecule has 0 aliphatic rings. The first kappa shape index (κ1) is 13.4. The van der Waals surface area contributed by atoms with Gasteiger partial charge < -0.3 is 5.32 Å². The maximum absolute atomic E-state index is 13.4. The zero-order valence-corrected chi connectivity index (χ0v) is 11.1. The van der Waals surface area contributed by atoms with Crippen molar-refractivity contribution in [2.24, 2.45) is 0 Å². The third-order valence-corrected chi connectivity index (χ3v) is 3.04. The average molecular weight is 288 g/mol. The molecule has 0 radical (unpaired) electrons. The second kappa shape index (κ2) is 5.09. The molecule has 0 bridgehead atoms. The molecule has 0 aliphatic heterocycles. The van der Waals surface area contributed by atoms with Crippen molar-refractivity contribution in [2.75, 3.05) is 5.32 Å². The Morgan fingerprint density at radius 1 is 0.857 bits per heavy atom. The lowest BCUT2D eigenvalue weighted by atomic mass is 10.1. The fourth-order valence-electron chi connectivity index (χ4n) is 2.22. The van der Waals surface area contributed by atoms with Gasteiger partial charge in [0.1, 0.15) is 17.5 Å². The minimum atomic E-state index is -0.682. The topological polar surface area (TPSA) is 24.9 Å². The molecule has 0 aliphatic carbocycles. The van der Waals surface area contributed by atoms with Gasteiger partial charge in [-0.3, -0.25) is 4.98 Å². The Morgan fingerprint density at radius 2 is 1.57 bits per heavy atom. The van der Waals surface area contributed by atoms with E-state index in [1.807, 2.05) is 0 Å². The van der Waals surface area contributed by atoms with Crippen LogP contribution in [0, 0.1) is 24.4 Å². The number of rotatable bonds is 2. The highest BCUT2D eigenvalue weighted by Gasteiger charge is 2.07. The molecule has 0 amide bonds. The number of anilines is 2. The van der Waals surface area contributed by atoms with Gasteiger partial charge in [0.05, 0.1) is 5.52 Å². The van der Waals surface area contributed by atoms with Crippen LogP contribution in [0.15, 0.2) is 42.5 Å². The molecule has 21 heavy (non-hydrogen) atoms. The van der Waals surface area contributed by atoms with E-state index in [0.29, 0.717) is 22.3 Å². The number of benzene rings is 2. The number of nitrogens with one attached hydrogen (secondary N) is 1. The van der Waals surface area contributed by atoms with E-state index in [4.69, 9.17) is 0 Å². The second-order valence-electron chi connectivity index (χ2n) is 4.76. The fraction of sp³-hybridized carbons (Fsp3) is 0.0625. The molecular weight excluding hydrogens is 277 g/mol. The zero-order chi connectivity index (χ0) is 15.0. The van der Waals surface area contributed by atoms with Gasteiger partial charge >= 0.3 is 0 Å². The van der Waals surface area contributed by atoms with Crippen LogP contribution in [-0.4, -0.2) is 4.98 Å². The summed E-state index contributed by atoms with van der Waals surface area (Å²) in [4.78, 5) is 4.30. The predicted molar refractivity (Wildman–Crippen MR) is 76.1 cm³/mol. The molecule has 0 fully saturated rings. The first-order valence-electron chi connectivity index (χ1n) is 6.31. The molecule has 2 nitrogen and oxygen atoms in total. The number of pyridine rings is 1. The summed E-state index contributed by atoms with van der Waals surface area (Å²) in [6.45, 7) is 1.79. The lowest BCUT2D eigenvalue weighted by Gasteiger charge is -2.11. The van der Waals surface area contributed by atoms with Crippen molar-refractivity contribution >= 4 is 22.3 Å². The summed E-state index contributed by atoms with van der Waals surface area (Å²) in [7, 11) is 0. The van der Waals surface area contributed by atoms with Crippen LogP contribution in [0.3, 0.4) is 0 Å². The Labute approximate surface area is 119 Å². The maximum Gasteiger partial charge on any atom is 0.128 e. The Bertz CT molecular complexity index is 811. The first-order valence-corrected chi connectivity index (χ1v) is 6.31. The Hall–Kier alpha value is -2.56. The van der Waals surface area contributed by atoms with Crippen molar-refractivity contribution in [1.29, 1.82) is 0 Å². The quantitative estimate of drug-likeness (QED) is 0.739. The summed E-state index contributed by atoms with van der Waals surface area (Å²) >= 11 is 0. The molecule has 0 spiro atoms. The van der Waals surface area contributed by atoms with Crippen LogP contribution in [0.4, 0.5) is 24.5 Å². The highest BCUT2D eigenvalue weighted by molar-refractivity contribution is 5.93. The molecule has 0 saturated heterocycles. The number of nitrogens with zero attached hydrogens (tertiary/aromatic N) is 1. The number of hydrogen-bond acceptors (Lipinski definition) is 2. The van der Waals surface area contributed by atoms with Crippen LogP contribution in [-0.2, 0) is 0 Å². The molecular formula is C16H11F3N2. The van der Waals surface area contributed by atoms with Gasteiger partial charge in [0.25, 0.3) is 0 Å². The van der Waals surface area contributed by atoms with Crippen LogP contribution in [0.25, 0.3) is 10.9 Å². The van der Waals surface area contributed by atoms with Gasteiger partial charge in [-0.1, -0.05) is 0 Å². The third-order valence-electron chi connectivity index (χ3n) is 3.04. The monoisotopic (exact) mass is 288 g/mol. The molecule has 1 N–H and O–H groups in total. The molecule has 0 unspecified atom stereocenters. The van der Waals surface area contributed by atoms with Crippen LogP contribution in [0.5, 0.6) is 0 Å². The van der Waals surface area contributed by atoms with Crippen molar-refractivity contribution < 1.29 is 13.2 Å². The number of aryl methyl sites for hydroxylation is 1. The number of halogens is 3. The smallest absolute Gasteiger partial charge is 0.128 e. The Kier molecular flexibility index (Phi) is 3.25. The Balaban J connectivity index is 2.13. The van der Waals surface area contributed by atoms with Gasteiger partial charge in [0, 0.05) is 28.5 Å². The lowest BCUT2D eigenvalue weighted by Crippen LogP contribution is -1.96. The summed E-state index contributed by atoms with van der Waals surface area (Å²) in [5.74, 6) is -1.76. The minimum Gasteiger partial charge on any atom is -0.355 e. The summed E-state index contributed by atoms with van der Waals surface area (Å²) in [5, 5.41) is 3.46. The van der Waals surface area contributed by atoms with Crippen molar-refractivity contribution in [3.8, 4) is 0 Å². The summed E-state index contributed by atoms with van der Waals surface area (Å²) in [5.41, 5.74) is 2.12. The molecule has 3 aromatic rings. The van der Waals surface area contributed by atoms with E-state index in [0.717, 1.165) is 6.07 Å². The zero-order valence-electron chi connectivity index (χ0n) is 11.1. The predicted octanol–water partition coefficient (Wildman–Crippen LogP) is 4.70. The minimum absolute atomic E-state index is 0.253. The highest BCUT2D eigenvalue weighted by atomic mass is 19.1. The molecule has 0 saturated carbocycles. The summed E-state index contributed by atoms with van der Waals surface area (Å²) < 4.78 is 39.9. The van der Waals surface area contributed by atoms with Crippen LogP contribution in [0.2, 0.25) is 0 Å². The number of fused-ring (bicyclic) bond motifs is 1. The normalized spacial score (nSPS) is 10.9. The highest BCUT2D eigenvalue weighted by Crippen LogP contribution is 2.27. The van der Waals surface area contributed by atoms with Gasteiger partial charge in [0.15, 0.2) is 0 Å². The maximum atomic E-state index is 13.4. The van der Waals surface area contributed by atoms with Gasteiger partial charge in [-0.15, -0.1) is 0 Å². The third kappa shape index (κ3) is 2.81. The van der Waals surface area contributed by atoms with E-state index in [1.165, 1.54) is 24.3 Å². The largest absolute Gasteiger partial charge is 0.355 e. The molecule has 5 heteroatoms. The molecule has 106 valence electrons. The van der Waals surface area contributed by atoms with Crippen molar-refractivity contribution in [3.63, 3.8) is 0 Å². The molecule has 2 aromatic carbocycles. The number of aromatic nitrogens is 1. The molecule has 0 atom stereocenters. The molecule has 1 aromatic heterocycles. The first-order chi connectivity index (χ1) is 10.0. The van der Waals surface area contributed by atoms with E-state index < -0.39 is 17.5 Å². The molecule has 3 rings (SSSR count). The van der Waals surface area contributed by atoms with E-state index in [-0.39, 0.29) is 5.69 Å². The van der Waals surface area contributed by atoms with E-state index in [1.54, 1.807) is 19.1 Å². The SMILES string of the molecule is Cc1cc(Nc2cc(F)cc(F)c2)c2cc(F)ccc2n1. The summed E-state index contributed by atoms with van der Waals surface area (Å²) in [6, 6.07) is 9.05. The average Bonchev–Trinajstić information content (AvgIpc) is 2.38. The van der Waals surface area contributed by atoms with E-state index >= 15 is 0 Å². The van der Waals surface area contributed by atoms with Gasteiger partial charge in [-0.2, -0.15) is 0 Å².